The lowest BCUT2D eigenvalue weighted by Gasteiger charge is -2.32. The molecular formula is C50H52N2O2. The highest BCUT2D eigenvalue weighted by atomic mass is 16.2. The molecular weight excluding hydrogens is 661 g/mol. The summed E-state index contributed by atoms with van der Waals surface area (Å²) in [5.41, 5.74) is 6.94. The predicted octanol–water partition coefficient (Wildman–Crippen LogP) is 10.7. The van der Waals surface area contributed by atoms with E-state index in [1.807, 2.05) is 94.7 Å². The number of carbonyl (C=O) groups excluding carboxylic acids is 2. The standard InChI is InChI=1S/C50H52N2O2/c53-49(51(37-43-23-11-3-12-24-43)38-44-25-13-4-14-26-44)35-47(33-31-41-19-7-1-8-20-41)48(34-32-42-21-9-2-10-22-42)36-50(54)52(39-45-27-15-5-16-28-45)40-46-29-17-6-18-30-46/h1-30,47-48H,31-40H2/t47-,48-/m0/s1. The van der Waals surface area contributed by atoms with Crippen LogP contribution in [0.1, 0.15) is 59.1 Å². The van der Waals surface area contributed by atoms with Crippen molar-refractivity contribution in [2.45, 2.75) is 64.7 Å². The van der Waals surface area contributed by atoms with Crippen molar-refractivity contribution in [3.8, 4) is 0 Å². The van der Waals surface area contributed by atoms with E-state index in [0.717, 1.165) is 47.9 Å². The highest BCUT2D eigenvalue weighted by molar-refractivity contribution is 5.78. The van der Waals surface area contributed by atoms with Crippen LogP contribution in [0.3, 0.4) is 0 Å². The van der Waals surface area contributed by atoms with Gasteiger partial charge in [0.05, 0.1) is 0 Å². The van der Waals surface area contributed by atoms with Gasteiger partial charge in [0.25, 0.3) is 0 Å². The molecule has 0 unspecified atom stereocenters. The monoisotopic (exact) mass is 712 g/mol. The number of benzene rings is 6. The Labute approximate surface area is 322 Å². The molecule has 0 aromatic heterocycles. The van der Waals surface area contributed by atoms with Gasteiger partial charge in [0.1, 0.15) is 0 Å². The molecule has 2 amide bonds. The Morgan fingerprint density at radius 1 is 0.333 bits per heavy atom. The summed E-state index contributed by atoms with van der Waals surface area (Å²) in [5, 5.41) is 0. The van der Waals surface area contributed by atoms with E-state index in [1.165, 1.54) is 11.1 Å². The first-order chi connectivity index (χ1) is 26.6. The summed E-state index contributed by atoms with van der Waals surface area (Å²) < 4.78 is 0. The van der Waals surface area contributed by atoms with Gasteiger partial charge in [-0.1, -0.05) is 182 Å². The number of hydrogen-bond donors (Lipinski definition) is 0. The molecule has 0 saturated carbocycles. The summed E-state index contributed by atoms with van der Waals surface area (Å²) in [6.07, 6.45) is 4.12. The largest absolute Gasteiger partial charge is 0.334 e. The zero-order valence-electron chi connectivity index (χ0n) is 31.3. The third-order valence-corrected chi connectivity index (χ3v) is 10.4. The van der Waals surface area contributed by atoms with Gasteiger partial charge in [-0.2, -0.15) is 0 Å². The van der Waals surface area contributed by atoms with Gasteiger partial charge < -0.3 is 9.80 Å². The second kappa shape index (κ2) is 20.5. The molecule has 6 aromatic carbocycles. The van der Waals surface area contributed by atoms with Crippen molar-refractivity contribution in [3.63, 3.8) is 0 Å². The fourth-order valence-electron chi connectivity index (χ4n) is 7.39. The molecule has 2 atom stereocenters. The Bertz CT molecular complexity index is 1720. The summed E-state index contributed by atoms with van der Waals surface area (Å²) in [4.78, 5) is 33.4. The lowest BCUT2D eigenvalue weighted by Crippen LogP contribution is -2.36. The fourth-order valence-corrected chi connectivity index (χ4v) is 7.39. The summed E-state index contributed by atoms with van der Waals surface area (Å²) in [5.74, 6) is 0.274. The van der Waals surface area contributed by atoms with E-state index in [-0.39, 0.29) is 23.7 Å². The minimum atomic E-state index is 0.00900. The normalized spacial score (nSPS) is 12.1. The van der Waals surface area contributed by atoms with Crippen molar-refractivity contribution in [1.29, 1.82) is 0 Å². The molecule has 6 aromatic rings. The zero-order valence-corrected chi connectivity index (χ0v) is 31.3. The molecule has 0 aliphatic carbocycles. The Kier molecular flexibility index (Phi) is 14.4. The van der Waals surface area contributed by atoms with Crippen molar-refractivity contribution >= 4 is 11.8 Å². The van der Waals surface area contributed by atoms with Gasteiger partial charge in [0, 0.05) is 39.0 Å². The van der Waals surface area contributed by atoms with Crippen molar-refractivity contribution in [2.75, 3.05) is 0 Å². The SMILES string of the molecule is O=C(C[C@H](CCc1ccccc1)[C@@H](CCc1ccccc1)CC(=O)N(Cc1ccccc1)Cc1ccccc1)N(Cc1ccccc1)Cc1ccccc1. The average Bonchev–Trinajstić information content (AvgIpc) is 3.22. The van der Waals surface area contributed by atoms with Gasteiger partial charge in [-0.3, -0.25) is 9.59 Å². The van der Waals surface area contributed by atoms with Crippen molar-refractivity contribution in [1.82, 2.24) is 9.80 Å². The van der Waals surface area contributed by atoms with Crippen LogP contribution in [0.2, 0.25) is 0 Å². The zero-order chi connectivity index (χ0) is 37.2. The van der Waals surface area contributed by atoms with Crippen molar-refractivity contribution in [3.05, 3.63) is 215 Å². The third kappa shape index (κ3) is 12.2. The van der Waals surface area contributed by atoms with Crippen LogP contribution in [0.5, 0.6) is 0 Å². The lowest BCUT2D eigenvalue weighted by molar-refractivity contribution is -0.137. The second-order valence-electron chi connectivity index (χ2n) is 14.4. The number of amides is 2. The minimum absolute atomic E-state index is 0.00900. The number of aryl methyl sites for hydroxylation is 2. The summed E-state index contributed by atoms with van der Waals surface area (Å²) >= 11 is 0. The average molecular weight is 713 g/mol. The molecule has 54 heavy (non-hydrogen) atoms. The maximum absolute atomic E-state index is 14.7. The molecule has 0 radical (unpaired) electrons. The number of nitrogens with zero attached hydrogens (tertiary/aromatic N) is 2. The number of rotatable bonds is 19. The Hall–Kier alpha value is -5.74. The van der Waals surface area contributed by atoms with Crippen LogP contribution in [-0.4, -0.2) is 21.6 Å². The van der Waals surface area contributed by atoms with E-state index in [9.17, 15) is 9.59 Å². The third-order valence-electron chi connectivity index (χ3n) is 10.4. The molecule has 0 heterocycles. The van der Waals surface area contributed by atoms with Gasteiger partial charge in [-0.25, -0.2) is 0 Å². The topological polar surface area (TPSA) is 40.6 Å². The molecule has 0 N–H and O–H groups in total. The minimum Gasteiger partial charge on any atom is -0.334 e. The van der Waals surface area contributed by atoms with Crippen LogP contribution in [-0.2, 0) is 48.6 Å². The van der Waals surface area contributed by atoms with E-state index in [1.54, 1.807) is 0 Å². The van der Waals surface area contributed by atoms with Crippen molar-refractivity contribution in [2.24, 2.45) is 11.8 Å². The first-order valence-corrected chi connectivity index (χ1v) is 19.4. The van der Waals surface area contributed by atoms with Gasteiger partial charge >= 0.3 is 0 Å². The van der Waals surface area contributed by atoms with Crippen LogP contribution in [0.4, 0.5) is 0 Å². The molecule has 0 aliphatic heterocycles. The molecule has 4 nitrogen and oxygen atoms in total. The lowest BCUT2D eigenvalue weighted by atomic mass is 9.78. The first-order valence-electron chi connectivity index (χ1n) is 19.4. The Morgan fingerprint density at radius 3 is 0.796 bits per heavy atom. The molecule has 0 aliphatic rings. The quantitative estimate of drug-likeness (QED) is 0.0839. The fraction of sp³-hybridized carbons (Fsp3) is 0.240. The second-order valence-corrected chi connectivity index (χ2v) is 14.4. The van der Waals surface area contributed by atoms with Crippen molar-refractivity contribution < 1.29 is 9.59 Å². The van der Waals surface area contributed by atoms with E-state index < -0.39 is 0 Å². The smallest absolute Gasteiger partial charge is 0.223 e. The number of hydrogen-bond acceptors (Lipinski definition) is 2. The Morgan fingerprint density at radius 2 is 0.556 bits per heavy atom. The molecule has 274 valence electrons. The van der Waals surface area contributed by atoms with Crippen LogP contribution < -0.4 is 0 Å². The van der Waals surface area contributed by atoms with E-state index in [2.05, 4.69) is 97.1 Å². The van der Waals surface area contributed by atoms with Crippen LogP contribution in [0.25, 0.3) is 0 Å². The molecule has 4 heteroatoms. The maximum atomic E-state index is 14.7. The van der Waals surface area contributed by atoms with E-state index in [0.29, 0.717) is 39.0 Å². The Balaban J connectivity index is 1.30. The predicted molar refractivity (Wildman–Crippen MR) is 220 cm³/mol. The van der Waals surface area contributed by atoms with Gasteiger partial charge in [0.2, 0.25) is 11.8 Å². The van der Waals surface area contributed by atoms with Gasteiger partial charge in [-0.05, 0) is 70.9 Å². The first kappa shape index (κ1) is 38.0. The van der Waals surface area contributed by atoms with Crippen LogP contribution in [0, 0.1) is 11.8 Å². The molecule has 0 spiro atoms. The summed E-state index contributed by atoms with van der Waals surface area (Å²) in [6.45, 7) is 2.15. The highest BCUT2D eigenvalue weighted by Gasteiger charge is 2.30. The number of carbonyl (C=O) groups is 2. The maximum Gasteiger partial charge on any atom is 0.223 e. The molecule has 0 bridgehead atoms. The van der Waals surface area contributed by atoms with Crippen LogP contribution >= 0.6 is 0 Å². The summed E-state index contributed by atoms with van der Waals surface area (Å²) in [6, 6.07) is 62.1. The van der Waals surface area contributed by atoms with E-state index in [4.69, 9.17) is 0 Å². The molecule has 6 rings (SSSR count). The molecule has 0 saturated heterocycles. The highest BCUT2D eigenvalue weighted by Crippen LogP contribution is 2.32. The molecule has 0 fully saturated rings. The van der Waals surface area contributed by atoms with Gasteiger partial charge in [0.15, 0.2) is 0 Å². The van der Waals surface area contributed by atoms with Crippen LogP contribution in [0.15, 0.2) is 182 Å². The van der Waals surface area contributed by atoms with Gasteiger partial charge in [-0.15, -0.1) is 0 Å². The van der Waals surface area contributed by atoms with E-state index >= 15 is 0 Å². The summed E-state index contributed by atoms with van der Waals surface area (Å²) in [7, 11) is 0.